The predicted octanol–water partition coefficient (Wildman–Crippen LogP) is 1.99. The van der Waals surface area contributed by atoms with Crippen LogP contribution in [0.4, 0.5) is 0 Å². The molecule has 20 heavy (non-hydrogen) atoms. The molecule has 1 aromatic heterocycles. The second kappa shape index (κ2) is 5.87. The Labute approximate surface area is 119 Å². The van der Waals surface area contributed by atoms with Gasteiger partial charge in [-0.1, -0.05) is 25.1 Å². The molecule has 1 aliphatic heterocycles. The number of aliphatic hydroxyl groups is 1. The summed E-state index contributed by atoms with van der Waals surface area (Å²) in [4.78, 5) is 6.44. The summed E-state index contributed by atoms with van der Waals surface area (Å²) < 4.78 is 5.77. The van der Waals surface area contributed by atoms with Crippen LogP contribution in [0.1, 0.15) is 18.6 Å². The summed E-state index contributed by atoms with van der Waals surface area (Å²) in [6.07, 6.45) is 2.82. The number of morpholine rings is 1. The van der Waals surface area contributed by atoms with Gasteiger partial charge in [-0.3, -0.25) is 9.88 Å². The standard InChI is InChI=1S/C16H20N2O2/c1-2-18-8-9-20-15(11-18)16(19)14-5-3-4-12-10-17-7-6-13(12)14/h3-7,10,15-16,19H,2,8-9,11H2,1H3. The van der Waals surface area contributed by atoms with Crippen LogP contribution in [0.2, 0.25) is 0 Å². The Morgan fingerprint density at radius 3 is 3.20 bits per heavy atom. The van der Waals surface area contributed by atoms with Gasteiger partial charge in [-0.05, 0) is 23.6 Å². The van der Waals surface area contributed by atoms with Crippen LogP contribution in [0.5, 0.6) is 0 Å². The van der Waals surface area contributed by atoms with E-state index in [9.17, 15) is 5.11 Å². The molecule has 1 aliphatic rings. The number of ether oxygens (including phenoxy) is 1. The van der Waals surface area contributed by atoms with Crippen LogP contribution < -0.4 is 0 Å². The molecule has 1 aromatic carbocycles. The first-order valence-electron chi connectivity index (χ1n) is 7.14. The Morgan fingerprint density at radius 1 is 1.45 bits per heavy atom. The third-order valence-electron chi connectivity index (χ3n) is 4.01. The van der Waals surface area contributed by atoms with Crippen molar-refractivity contribution in [2.75, 3.05) is 26.2 Å². The van der Waals surface area contributed by atoms with E-state index in [1.165, 1.54) is 0 Å². The zero-order valence-electron chi connectivity index (χ0n) is 11.7. The van der Waals surface area contributed by atoms with Gasteiger partial charge in [0, 0.05) is 30.9 Å². The highest BCUT2D eigenvalue weighted by Gasteiger charge is 2.28. The molecule has 0 radical (unpaired) electrons. The third-order valence-corrected chi connectivity index (χ3v) is 4.01. The lowest BCUT2D eigenvalue weighted by Crippen LogP contribution is -2.44. The van der Waals surface area contributed by atoms with Crippen molar-refractivity contribution in [2.24, 2.45) is 0 Å². The number of benzene rings is 1. The van der Waals surface area contributed by atoms with Crippen molar-refractivity contribution < 1.29 is 9.84 Å². The topological polar surface area (TPSA) is 45.6 Å². The first-order valence-corrected chi connectivity index (χ1v) is 7.14. The molecule has 4 nitrogen and oxygen atoms in total. The molecule has 2 aromatic rings. The van der Waals surface area contributed by atoms with E-state index in [-0.39, 0.29) is 6.10 Å². The van der Waals surface area contributed by atoms with E-state index < -0.39 is 6.10 Å². The molecule has 4 heteroatoms. The number of rotatable bonds is 3. The quantitative estimate of drug-likeness (QED) is 0.928. The van der Waals surface area contributed by atoms with E-state index in [1.807, 2.05) is 30.5 Å². The van der Waals surface area contributed by atoms with Gasteiger partial charge in [0.1, 0.15) is 12.2 Å². The molecule has 1 N–H and O–H groups in total. The highest BCUT2D eigenvalue weighted by Crippen LogP contribution is 2.28. The lowest BCUT2D eigenvalue weighted by molar-refractivity contribution is -0.0884. The summed E-state index contributed by atoms with van der Waals surface area (Å²) >= 11 is 0. The van der Waals surface area contributed by atoms with Gasteiger partial charge in [-0.2, -0.15) is 0 Å². The first-order chi connectivity index (χ1) is 9.79. The number of nitrogens with zero attached hydrogens (tertiary/aromatic N) is 2. The highest BCUT2D eigenvalue weighted by atomic mass is 16.5. The molecule has 1 fully saturated rings. The van der Waals surface area contributed by atoms with Crippen molar-refractivity contribution in [1.29, 1.82) is 0 Å². The van der Waals surface area contributed by atoms with Crippen LogP contribution in [-0.2, 0) is 4.74 Å². The van der Waals surface area contributed by atoms with Crippen LogP contribution in [0.25, 0.3) is 10.8 Å². The normalized spacial score (nSPS) is 22.0. The molecule has 2 unspecified atom stereocenters. The fourth-order valence-corrected chi connectivity index (χ4v) is 2.82. The summed E-state index contributed by atoms with van der Waals surface area (Å²) in [7, 11) is 0. The number of aromatic nitrogens is 1. The summed E-state index contributed by atoms with van der Waals surface area (Å²) in [6.45, 7) is 5.53. The number of hydrogen-bond acceptors (Lipinski definition) is 4. The van der Waals surface area contributed by atoms with Gasteiger partial charge in [0.05, 0.1) is 6.61 Å². The van der Waals surface area contributed by atoms with E-state index in [1.54, 1.807) is 6.20 Å². The highest BCUT2D eigenvalue weighted by molar-refractivity contribution is 5.85. The molecular weight excluding hydrogens is 252 g/mol. The predicted molar refractivity (Wildman–Crippen MR) is 78.6 cm³/mol. The number of pyridine rings is 1. The summed E-state index contributed by atoms with van der Waals surface area (Å²) in [5, 5.41) is 12.8. The number of aliphatic hydroxyl groups excluding tert-OH is 1. The smallest absolute Gasteiger partial charge is 0.107 e. The average molecular weight is 272 g/mol. The summed E-state index contributed by atoms with van der Waals surface area (Å²) in [5.74, 6) is 0. The maximum atomic E-state index is 10.7. The monoisotopic (exact) mass is 272 g/mol. The molecule has 3 rings (SSSR count). The van der Waals surface area contributed by atoms with Crippen molar-refractivity contribution in [3.8, 4) is 0 Å². The first kappa shape index (κ1) is 13.5. The van der Waals surface area contributed by atoms with E-state index in [2.05, 4.69) is 16.8 Å². The molecule has 106 valence electrons. The molecular formula is C16H20N2O2. The Morgan fingerprint density at radius 2 is 2.35 bits per heavy atom. The minimum atomic E-state index is -0.601. The van der Waals surface area contributed by atoms with Gasteiger partial charge in [0.15, 0.2) is 0 Å². The SMILES string of the molecule is CCN1CCOC(C(O)c2cccc3cnccc23)C1. The van der Waals surface area contributed by atoms with Gasteiger partial charge in [0.25, 0.3) is 0 Å². The van der Waals surface area contributed by atoms with E-state index >= 15 is 0 Å². The van der Waals surface area contributed by atoms with Gasteiger partial charge >= 0.3 is 0 Å². The Kier molecular flexibility index (Phi) is 3.96. The second-order valence-electron chi connectivity index (χ2n) is 5.19. The van der Waals surface area contributed by atoms with E-state index in [0.717, 1.165) is 36.0 Å². The molecule has 0 saturated carbocycles. The fraction of sp³-hybridized carbons (Fsp3) is 0.438. The Hall–Kier alpha value is -1.49. The summed E-state index contributed by atoms with van der Waals surface area (Å²) in [5.41, 5.74) is 0.924. The van der Waals surface area contributed by atoms with Gasteiger partial charge in [-0.15, -0.1) is 0 Å². The van der Waals surface area contributed by atoms with Crippen molar-refractivity contribution >= 4 is 10.8 Å². The molecule has 0 amide bonds. The van der Waals surface area contributed by atoms with Crippen LogP contribution in [0.3, 0.4) is 0 Å². The molecule has 2 atom stereocenters. The Balaban J connectivity index is 1.90. The number of fused-ring (bicyclic) bond motifs is 1. The number of likely N-dealkylation sites (N-methyl/N-ethyl adjacent to an activating group) is 1. The second-order valence-corrected chi connectivity index (χ2v) is 5.19. The molecule has 1 saturated heterocycles. The molecule has 0 bridgehead atoms. The van der Waals surface area contributed by atoms with Crippen LogP contribution >= 0.6 is 0 Å². The molecule has 0 aliphatic carbocycles. The average Bonchev–Trinajstić information content (AvgIpc) is 2.53. The zero-order chi connectivity index (χ0) is 13.9. The van der Waals surface area contributed by atoms with Crippen molar-refractivity contribution in [3.05, 3.63) is 42.2 Å². The fourth-order valence-electron chi connectivity index (χ4n) is 2.82. The number of hydrogen-bond donors (Lipinski definition) is 1. The van der Waals surface area contributed by atoms with Crippen LogP contribution in [0.15, 0.2) is 36.7 Å². The van der Waals surface area contributed by atoms with Crippen LogP contribution in [0, 0.1) is 0 Å². The van der Waals surface area contributed by atoms with Crippen molar-refractivity contribution in [2.45, 2.75) is 19.1 Å². The van der Waals surface area contributed by atoms with E-state index in [0.29, 0.717) is 6.61 Å². The van der Waals surface area contributed by atoms with Gasteiger partial charge in [0.2, 0.25) is 0 Å². The lowest BCUT2D eigenvalue weighted by atomic mass is 9.97. The molecule has 0 spiro atoms. The van der Waals surface area contributed by atoms with Crippen LogP contribution in [-0.4, -0.2) is 47.3 Å². The maximum absolute atomic E-state index is 10.7. The van der Waals surface area contributed by atoms with Gasteiger partial charge in [-0.25, -0.2) is 0 Å². The van der Waals surface area contributed by atoms with E-state index in [4.69, 9.17) is 4.74 Å². The minimum absolute atomic E-state index is 0.164. The van der Waals surface area contributed by atoms with Crippen molar-refractivity contribution in [3.63, 3.8) is 0 Å². The lowest BCUT2D eigenvalue weighted by Gasteiger charge is -2.34. The molecule has 2 heterocycles. The summed E-state index contributed by atoms with van der Waals surface area (Å²) in [6, 6.07) is 7.90. The van der Waals surface area contributed by atoms with Gasteiger partial charge < -0.3 is 9.84 Å². The Bertz CT molecular complexity index is 582. The third kappa shape index (κ3) is 2.54. The minimum Gasteiger partial charge on any atom is -0.386 e. The van der Waals surface area contributed by atoms with Crippen molar-refractivity contribution in [1.82, 2.24) is 9.88 Å². The zero-order valence-corrected chi connectivity index (χ0v) is 11.7. The largest absolute Gasteiger partial charge is 0.386 e. The maximum Gasteiger partial charge on any atom is 0.107 e.